The third-order valence-electron chi connectivity index (χ3n) is 5.43. The first-order valence-electron chi connectivity index (χ1n) is 9.61. The van der Waals surface area contributed by atoms with Crippen LogP contribution in [0.4, 0.5) is 10.1 Å². The van der Waals surface area contributed by atoms with Crippen LogP contribution >= 0.6 is 22.9 Å². The molecule has 154 valence electrons. The predicted octanol–water partition coefficient (Wildman–Crippen LogP) is 4.20. The third kappa shape index (κ3) is 3.51. The fraction of sp³-hybridized carbons (Fsp3) is 0.238. The maximum atomic E-state index is 13.6. The number of fused-ring (bicyclic) bond motifs is 1. The number of aromatic hydroxyl groups is 1. The molecule has 9 heteroatoms. The number of aromatic nitrogens is 3. The van der Waals surface area contributed by atoms with Crippen LogP contribution < -0.4 is 4.90 Å². The molecule has 1 N–H and O–H groups in total. The number of piperazine rings is 1. The van der Waals surface area contributed by atoms with Crippen molar-refractivity contribution in [1.82, 2.24) is 19.5 Å². The van der Waals surface area contributed by atoms with Gasteiger partial charge in [0.25, 0.3) is 0 Å². The van der Waals surface area contributed by atoms with Crippen LogP contribution in [-0.4, -0.2) is 50.8 Å². The van der Waals surface area contributed by atoms with Crippen LogP contribution in [0.5, 0.6) is 5.88 Å². The largest absolute Gasteiger partial charge is 0.492 e. The van der Waals surface area contributed by atoms with Crippen LogP contribution in [0, 0.1) is 5.82 Å². The molecule has 6 nitrogen and oxygen atoms in total. The van der Waals surface area contributed by atoms with Crippen molar-refractivity contribution < 1.29 is 9.50 Å². The second-order valence-electron chi connectivity index (χ2n) is 7.20. The van der Waals surface area contributed by atoms with E-state index in [0.29, 0.717) is 4.96 Å². The summed E-state index contributed by atoms with van der Waals surface area (Å²) in [4.78, 5) is 10.2. The molecule has 5 rings (SSSR count). The molecule has 0 spiro atoms. The molecule has 1 saturated heterocycles. The fourth-order valence-corrected chi connectivity index (χ4v) is 5.23. The molecular formula is C21H19ClFN5OS. The number of thiazole rings is 1. The maximum absolute atomic E-state index is 13.6. The van der Waals surface area contributed by atoms with Gasteiger partial charge in [-0.15, -0.1) is 0 Å². The van der Waals surface area contributed by atoms with Gasteiger partial charge < -0.3 is 10.0 Å². The summed E-state index contributed by atoms with van der Waals surface area (Å²) in [7, 11) is 0. The number of hydrogen-bond acceptors (Lipinski definition) is 6. The van der Waals surface area contributed by atoms with E-state index in [0.717, 1.165) is 47.3 Å². The highest BCUT2D eigenvalue weighted by Gasteiger charge is 2.31. The lowest BCUT2D eigenvalue weighted by atomic mass is 10.0. The van der Waals surface area contributed by atoms with Gasteiger partial charge in [0.05, 0.1) is 10.9 Å². The highest BCUT2D eigenvalue weighted by Crippen LogP contribution is 2.40. The van der Waals surface area contributed by atoms with E-state index >= 15 is 0 Å². The van der Waals surface area contributed by atoms with Crippen LogP contribution in [0.1, 0.15) is 16.5 Å². The Hall–Kier alpha value is -2.68. The molecule has 1 atom stereocenters. The smallest absolute Gasteiger partial charge is 0.230 e. The zero-order valence-corrected chi connectivity index (χ0v) is 17.5. The summed E-state index contributed by atoms with van der Waals surface area (Å²) in [6, 6.07) is 14.1. The van der Waals surface area contributed by atoms with E-state index in [1.165, 1.54) is 34.3 Å². The Morgan fingerprint density at radius 2 is 1.83 bits per heavy atom. The van der Waals surface area contributed by atoms with Gasteiger partial charge >= 0.3 is 0 Å². The van der Waals surface area contributed by atoms with E-state index in [4.69, 9.17) is 11.6 Å². The van der Waals surface area contributed by atoms with Crippen molar-refractivity contribution in [3.8, 4) is 5.88 Å². The number of rotatable bonds is 4. The number of halogens is 2. The van der Waals surface area contributed by atoms with Crippen molar-refractivity contribution in [3.05, 3.63) is 76.1 Å². The summed E-state index contributed by atoms with van der Waals surface area (Å²) < 4.78 is 15.0. The molecule has 2 aromatic heterocycles. The van der Waals surface area contributed by atoms with Crippen LogP contribution in [0.15, 0.2) is 54.9 Å². The minimum atomic E-state index is -0.282. The monoisotopic (exact) mass is 443 g/mol. The van der Waals surface area contributed by atoms with Crippen molar-refractivity contribution in [1.29, 1.82) is 0 Å². The second kappa shape index (κ2) is 7.86. The first-order chi connectivity index (χ1) is 14.6. The number of hydrogen-bond donors (Lipinski definition) is 1. The molecule has 0 unspecified atom stereocenters. The molecule has 0 radical (unpaired) electrons. The van der Waals surface area contributed by atoms with Gasteiger partial charge in [0.15, 0.2) is 0 Å². The average Bonchev–Trinajstić information content (AvgIpc) is 3.34. The summed E-state index contributed by atoms with van der Waals surface area (Å²) in [5.74, 6) is -0.200. The molecule has 2 aromatic carbocycles. The van der Waals surface area contributed by atoms with Crippen LogP contribution in [-0.2, 0) is 0 Å². The molecule has 1 aliphatic rings. The first kappa shape index (κ1) is 19.3. The number of anilines is 1. The SMILES string of the molecule is Oc1c([C@@H](c2ccc(F)cc2)N2CCN(c3cccc(Cl)c3)CC2)sc2ncnn12. The van der Waals surface area contributed by atoms with Crippen molar-refractivity contribution in [2.45, 2.75) is 6.04 Å². The number of nitrogens with zero attached hydrogens (tertiary/aromatic N) is 5. The maximum Gasteiger partial charge on any atom is 0.230 e. The van der Waals surface area contributed by atoms with Gasteiger partial charge in [-0.1, -0.05) is 41.1 Å². The average molecular weight is 444 g/mol. The Balaban J connectivity index is 1.46. The lowest BCUT2D eigenvalue weighted by Gasteiger charge is -2.40. The normalized spacial score (nSPS) is 16.3. The molecule has 1 fully saturated rings. The van der Waals surface area contributed by atoms with Gasteiger partial charge in [-0.2, -0.15) is 9.61 Å². The van der Waals surface area contributed by atoms with Crippen LogP contribution in [0.3, 0.4) is 0 Å². The minimum Gasteiger partial charge on any atom is -0.492 e. The standard InChI is InChI=1S/C21H19ClFN5OS/c22-15-2-1-3-17(12-15)26-8-10-27(11-9-26)18(14-4-6-16(23)7-5-14)19-20(29)28-21(30-19)24-13-25-28/h1-7,12-13,18,29H,8-11H2/t18-/m1/s1. The zero-order valence-electron chi connectivity index (χ0n) is 15.9. The van der Waals surface area contributed by atoms with E-state index < -0.39 is 0 Å². The molecule has 30 heavy (non-hydrogen) atoms. The molecule has 0 bridgehead atoms. The second-order valence-corrected chi connectivity index (χ2v) is 8.65. The Morgan fingerprint density at radius 3 is 2.53 bits per heavy atom. The first-order valence-corrected chi connectivity index (χ1v) is 10.8. The number of benzene rings is 2. The van der Waals surface area contributed by atoms with E-state index in [-0.39, 0.29) is 17.7 Å². The zero-order chi connectivity index (χ0) is 20.7. The van der Waals surface area contributed by atoms with Crippen molar-refractivity contribution in [2.24, 2.45) is 0 Å². The topological polar surface area (TPSA) is 56.9 Å². The van der Waals surface area contributed by atoms with Crippen LogP contribution in [0.25, 0.3) is 4.96 Å². The van der Waals surface area contributed by atoms with Gasteiger partial charge in [-0.25, -0.2) is 9.37 Å². The highest BCUT2D eigenvalue weighted by molar-refractivity contribution is 7.17. The van der Waals surface area contributed by atoms with Crippen LogP contribution in [0.2, 0.25) is 5.02 Å². The molecule has 0 amide bonds. The van der Waals surface area contributed by atoms with E-state index in [2.05, 4.69) is 25.9 Å². The lowest BCUT2D eigenvalue weighted by Crippen LogP contribution is -2.47. The van der Waals surface area contributed by atoms with E-state index in [9.17, 15) is 9.50 Å². The Morgan fingerprint density at radius 1 is 1.07 bits per heavy atom. The van der Waals surface area contributed by atoms with Crippen molar-refractivity contribution in [2.75, 3.05) is 31.1 Å². The van der Waals surface area contributed by atoms with Gasteiger partial charge in [0, 0.05) is 36.9 Å². The third-order valence-corrected chi connectivity index (χ3v) is 6.75. The summed E-state index contributed by atoms with van der Waals surface area (Å²) in [5, 5.41) is 15.6. The van der Waals surface area contributed by atoms with E-state index in [1.54, 1.807) is 12.1 Å². The lowest BCUT2D eigenvalue weighted by molar-refractivity contribution is 0.211. The van der Waals surface area contributed by atoms with Gasteiger partial charge in [0.1, 0.15) is 12.1 Å². The van der Waals surface area contributed by atoms with Crippen molar-refractivity contribution in [3.63, 3.8) is 0 Å². The Bertz CT molecular complexity index is 1170. The fourth-order valence-electron chi connectivity index (χ4n) is 3.96. The quantitative estimate of drug-likeness (QED) is 0.512. The van der Waals surface area contributed by atoms with Gasteiger partial charge in [-0.3, -0.25) is 4.90 Å². The van der Waals surface area contributed by atoms with Gasteiger partial charge in [0.2, 0.25) is 10.8 Å². The molecule has 0 saturated carbocycles. The Labute approximate surface area is 181 Å². The predicted molar refractivity (Wildman–Crippen MR) is 116 cm³/mol. The molecule has 0 aliphatic carbocycles. The Kier molecular flexibility index (Phi) is 5.06. The van der Waals surface area contributed by atoms with Crippen molar-refractivity contribution >= 4 is 33.6 Å². The summed E-state index contributed by atoms with van der Waals surface area (Å²) >= 11 is 7.56. The molecular weight excluding hydrogens is 425 g/mol. The minimum absolute atomic E-state index is 0.0825. The molecule has 4 aromatic rings. The molecule has 1 aliphatic heterocycles. The summed E-state index contributed by atoms with van der Waals surface area (Å²) in [6.07, 6.45) is 1.42. The van der Waals surface area contributed by atoms with Gasteiger partial charge in [-0.05, 0) is 35.9 Å². The highest BCUT2D eigenvalue weighted by atomic mass is 35.5. The summed E-state index contributed by atoms with van der Waals surface area (Å²) in [5.41, 5.74) is 2.02. The van der Waals surface area contributed by atoms with E-state index in [1.807, 2.05) is 18.2 Å². The summed E-state index contributed by atoms with van der Waals surface area (Å²) in [6.45, 7) is 3.20. The molecule has 3 heterocycles.